The molecule has 31 heavy (non-hydrogen) atoms. The van der Waals surface area contributed by atoms with Crippen molar-refractivity contribution < 1.29 is 9.53 Å². The highest BCUT2D eigenvalue weighted by Crippen LogP contribution is 2.25. The Morgan fingerprint density at radius 3 is 2.26 bits per heavy atom. The molecule has 3 rings (SSSR count). The van der Waals surface area contributed by atoms with Crippen LogP contribution >= 0.6 is 0 Å². The molecule has 0 saturated carbocycles. The van der Waals surface area contributed by atoms with Crippen LogP contribution in [0.3, 0.4) is 0 Å². The molecule has 1 amide bonds. The van der Waals surface area contributed by atoms with Gasteiger partial charge in [-0.15, -0.1) is 0 Å². The first kappa shape index (κ1) is 23.3. The average Bonchev–Trinajstić information content (AvgIpc) is 2.77. The average molecular weight is 423 g/mol. The second-order valence-corrected chi connectivity index (χ2v) is 9.61. The fourth-order valence-electron chi connectivity index (χ4n) is 4.06. The number of hydrogen-bond donors (Lipinski definition) is 1. The van der Waals surface area contributed by atoms with Crippen molar-refractivity contribution in [3.8, 4) is 5.75 Å². The van der Waals surface area contributed by atoms with Crippen molar-refractivity contribution in [1.29, 1.82) is 0 Å². The van der Waals surface area contributed by atoms with E-state index in [-0.39, 0.29) is 11.3 Å². The van der Waals surface area contributed by atoms with E-state index in [1.807, 2.05) is 25.1 Å². The van der Waals surface area contributed by atoms with Crippen LogP contribution in [-0.2, 0) is 23.3 Å². The van der Waals surface area contributed by atoms with E-state index in [0.29, 0.717) is 13.0 Å². The van der Waals surface area contributed by atoms with E-state index < -0.39 is 6.10 Å². The standard InChI is InChI=1S/C27H38N2O2/c1-5-25(31-24-15-13-23(14-16-24)27(2,3)4)26(30)28-19-21-11-7-8-12-22(21)20-29-17-9-6-10-18-29/h7-8,11-16,25H,5-6,9-10,17-20H2,1-4H3,(H,28,30)/t25-/m0/s1. The second-order valence-electron chi connectivity index (χ2n) is 9.61. The Hall–Kier alpha value is -2.33. The monoisotopic (exact) mass is 422 g/mol. The number of ether oxygens (including phenoxy) is 1. The number of nitrogens with zero attached hydrogens (tertiary/aromatic N) is 1. The quantitative estimate of drug-likeness (QED) is 0.615. The lowest BCUT2D eigenvalue weighted by atomic mass is 9.87. The molecule has 2 aromatic carbocycles. The van der Waals surface area contributed by atoms with Gasteiger partial charge in [0.25, 0.3) is 5.91 Å². The molecular weight excluding hydrogens is 384 g/mol. The first-order valence-electron chi connectivity index (χ1n) is 11.7. The van der Waals surface area contributed by atoms with Crippen LogP contribution in [0, 0.1) is 0 Å². The SMILES string of the molecule is CC[C@H](Oc1ccc(C(C)(C)C)cc1)C(=O)NCc1ccccc1CN1CCCCC1. The number of likely N-dealkylation sites (tertiary alicyclic amines) is 1. The first-order valence-corrected chi connectivity index (χ1v) is 11.7. The van der Waals surface area contributed by atoms with Gasteiger partial charge in [-0.25, -0.2) is 0 Å². The van der Waals surface area contributed by atoms with E-state index in [0.717, 1.165) is 12.3 Å². The Morgan fingerprint density at radius 2 is 1.65 bits per heavy atom. The minimum atomic E-state index is -0.491. The van der Waals surface area contributed by atoms with Crippen molar-refractivity contribution in [2.45, 2.75) is 78.0 Å². The predicted molar refractivity (Wildman–Crippen MR) is 127 cm³/mol. The van der Waals surface area contributed by atoms with Gasteiger partial charge in [0.15, 0.2) is 6.10 Å². The van der Waals surface area contributed by atoms with Crippen molar-refractivity contribution in [3.63, 3.8) is 0 Å². The summed E-state index contributed by atoms with van der Waals surface area (Å²) in [5.74, 6) is 0.677. The van der Waals surface area contributed by atoms with Crippen LogP contribution in [0.15, 0.2) is 48.5 Å². The highest BCUT2D eigenvalue weighted by molar-refractivity contribution is 5.81. The topological polar surface area (TPSA) is 41.6 Å². The van der Waals surface area contributed by atoms with Gasteiger partial charge in [0.1, 0.15) is 5.75 Å². The van der Waals surface area contributed by atoms with Gasteiger partial charge in [-0.05, 0) is 66.6 Å². The minimum Gasteiger partial charge on any atom is -0.481 e. The molecule has 0 aliphatic carbocycles. The zero-order chi connectivity index (χ0) is 22.3. The smallest absolute Gasteiger partial charge is 0.261 e. The highest BCUT2D eigenvalue weighted by Gasteiger charge is 2.20. The number of carbonyl (C=O) groups excluding carboxylic acids is 1. The Bertz CT molecular complexity index is 833. The number of nitrogens with one attached hydrogen (secondary N) is 1. The third kappa shape index (κ3) is 6.83. The zero-order valence-electron chi connectivity index (χ0n) is 19.6. The molecule has 1 atom stereocenters. The van der Waals surface area contributed by atoms with E-state index in [2.05, 4.69) is 61.3 Å². The summed E-state index contributed by atoms with van der Waals surface area (Å²) in [7, 11) is 0. The zero-order valence-corrected chi connectivity index (χ0v) is 19.6. The van der Waals surface area contributed by atoms with Crippen molar-refractivity contribution in [2.75, 3.05) is 13.1 Å². The Balaban J connectivity index is 1.57. The van der Waals surface area contributed by atoms with Crippen molar-refractivity contribution in [2.24, 2.45) is 0 Å². The lowest BCUT2D eigenvalue weighted by molar-refractivity contribution is -0.128. The maximum absolute atomic E-state index is 12.8. The van der Waals surface area contributed by atoms with Gasteiger partial charge >= 0.3 is 0 Å². The summed E-state index contributed by atoms with van der Waals surface area (Å²) in [6.07, 6.45) is 4.04. The Morgan fingerprint density at radius 1 is 1.00 bits per heavy atom. The summed E-state index contributed by atoms with van der Waals surface area (Å²) in [5.41, 5.74) is 3.84. The number of carbonyl (C=O) groups is 1. The van der Waals surface area contributed by atoms with Crippen molar-refractivity contribution in [1.82, 2.24) is 10.2 Å². The van der Waals surface area contributed by atoms with Crippen LogP contribution in [0.2, 0.25) is 0 Å². The number of rotatable bonds is 8. The molecule has 168 valence electrons. The van der Waals surface area contributed by atoms with E-state index in [1.165, 1.54) is 49.0 Å². The molecular formula is C27H38N2O2. The molecule has 1 aliphatic heterocycles. The molecule has 0 aromatic heterocycles. The largest absolute Gasteiger partial charge is 0.481 e. The second kappa shape index (κ2) is 10.8. The molecule has 1 N–H and O–H groups in total. The van der Waals surface area contributed by atoms with Gasteiger partial charge < -0.3 is 10.1 Å². The molecule has 0 spiro atoms. The molecule has 4 heteroatoms. The molecule has 1 aliphatic rings. The number of benzene rings is 2. The van der Waals surface area contributed by atoms with Crippen molar-refractivity contribution >= 4 is 5.91 Å². The molecule has 1 fully saturated rings. The van der Waals surface area contributed by atoms with Gasteiger partial charge in [0.05, 0.1) is 0 Å². The summed E-state index contributed by atoms with van der Waals surface area (Å²) in [5, 5.41) is 3.10. The Kier molecular flexibility index (Phi) is 8.14. The van der Waals surface area contributed by atoms with Gasteiger partial charge in [-0.3, -0.25) is 9.69 Å². The molecule has 0 radical (unpaired) electrons. The van der Waals surface area contributed by atoms with E-state index in [9.17, 15) is 4.79 Å². The van der Waals surface area contributed by atoms with E-state index >= 15 is 0 Å². The fraction of sp³-hybridized carbons (Fsp3) is 0.519. The van der Waals surface area contributed by atoms with E-state index in [1.54, 1.807) is 0 Å². The van der Waals surface area contributed by atoms with Crippen LogP contribution in [0.5, 0.6) is 5.75 Å². The summed E-state index contributed by atoms with van der Waals surface area (Å²) in [4.78, 5) is 15.4. The molecule has 4 nitrogen and oxygen atoms in total. The molecule has 1 saturated heterocycles. The summed E-state index contributed by atoms with van der Waals surface area (Å²) >= 11 is 0. The van der Waals surface area contributed by atoms with Crippen LogP contribution in [0.1, 0.15) is 70.1 Å². The number of hydrogen-bond acceptors (Lipinski definition) is 3. The van der Waals surface area contributed by atoms with Crippen LogP contribution in [0.25, 0.3) is 0 Å². The lowest BCUT2D eigenvalue weighted by Crippen LogP contribution is -2.38. The third-order valence-electron chi connectivity index (χ3n) is 6.08. The molecule has 0 unspecified atom stereocenters. The van der Waals surface area contributed by atoms with Gasteiger partial charge in [0, 0.05) is 13.1 Å². The van der Waals surface area contributed by atoms with Gasteiger partial charge in [-0.1, -0.05) is 70.5 Å². The predicted octanol–water partition coefficient (Wildman–Crippen LogP) is 5.44. The maximum atomic E-state index is 12.8. The number of amides is 1. The lowest BCUT2D eigenvalue weighted by Gasteiger charge is -2.27. The molecule has 2 aromatic rings. The van der Waals surface area contributed by atoms with Crippen LogP contribution < -0.4 is 10.1 Å². The normalized spacial score (nSPS) is 16.0. The minimum absolute atomic E-state index is 0.0600. The van der Waals surface area contributed by atoms with Gasteiger partial charge in [0.2, 0.25) is 0 Å². The molecule has 0 bridgehead atoms. The van der Waals surface area contributed by atoms with E-state index in [4.69, 9.17) is 4.74 Å². The summed E-state index contributed by atoms with van der Waals surface area (Å²) < 4.78 is 6.01. The summed E-state index contributed by atoms with van der Waals surface area (Å²) in [6.45, 7) is 12.4. The number of piperidine rings is 1. The van der Waals surface area contributed by atoms with Gasteiger partial charge in [-0.2, -0.15) is 0 Å². The first-order chi connectivity index (χ1) is 14.9. The molecule has 1 heterocycles. The van der Waals surface area contributed by atoms with Crippen LogP contribution in [-0.4, -0.2) is 30.0 Å². The third-order valence-corrected chi connectivity index (χ3v) is 6.08. The van der Waals surface area contributed by atoms with Crippen LogP contribution in [0.4, 0.5) is 0 Å². The maximum Gasteiger partial charge on any atom is 0.261 e. The summed E-state index contributed by atoms with van der Waals surface area (Å²) in [6, 6.07) is 16.5. The fourth-order valence-corrected chi connectivity index (χ4v) is 4.06. The Labute approximate surface area is 188 Å². The van der Waals surface area contributed by atoms with Crippen molar-refractivity contribution in [3.05, 3.63) is 65.2 Å². The highest BCUT2D eigenvalue weighted by atomic mass is 16.5.